The number of carbonyl (C=O) groups excluding carboxylic acids is 1. The van der Waals surface area contributed by atoms with Gasteiger partial charge in [-0.25, -0.2) is 24.0 Å². The first kappa shape index (κ1) is 23.7. The maximum Gasteiger partial charge on any atom is 0.280 e. The molecule has 3 aromatic carbocycles. The van der Waals surface area contributed by atoms with Crippen LogP contribution in [-0.4, -0.2) is 18.0 Å². The van der Waals surface area contributed by atoms with E-state index < -0.39 is 17.5 Å². The molecule has 0 aromatic heterocycles. The van der Waals surface area contributed by atoms with Crippen molar-refractivity contribution in [3.05, 3.63) is 106 Å². The quantitative estimate of drug-likeness (QED) is 0.320. The summed E-state index contributed by atoms with van der Waals surface area (Å²) in [5.74, 6) is -1.67. The number of guanidine groups is 1. The van der Waals surface area contributed by atoms with Gasteiger partial charge >= 0.3 is 0 Å². The van der Waals surface area contributed by atoms with E-state index in [-0.39, 0.29) is 41.1 Å². The molecular weight excluding hydrogens is 467 g/mol. The molecule has 176 valence electrons. The summed E-state index contributed by atoms with van der Waals surface area (Å²) in [5, 5.41) is 6.37. The second-order valence-electron chi connectivity index (χ2n) is 7.69. The Morgan fingerprint density at radius 1 is 0.941 bits per heavy atom. The highest BCUT2D eigenvalue weighted by Gasteiger charge is 2.26. The molecule has 6 nitrogen and oxygen atoms in total. The number of nitrogens with zero attached hydrogens (tertiary/aromatic N) is 1. The molecule has 1 aliphatic rings. The van der Waals surface area contributed by atoms with Crippen molar-refractivity contribution in [3.63, 3.8) is 0 Å². The minimum absolute atomic E-state index is 0.0984. The van der Waals surface area contributed by atoms with Crippen LogP contribution < -0.4 is 21.5 Å². The van der Waals surface area contributed by atoms with Gasteiger partial charge in [-0.15, -0.1) is 0 Å². The first-order chi connectivity index (χ1) is 16.4. The van der Waals surface area contributed by atoms with Crippen molar-refractivity contribution in [1.82, 2.24) is 21.5 Å². The van der Waals surface area contributed by atoms with Crippen molar-refractivity contribution in [1.29, 1.82) is 0 Å². The first-order valence-electron chi connectivity index (χ1n) is 10.5. The Morgan fingerprint density at radius 2 is 1.59 bits per heavy atom. The van der Waals surface area contributed by atoms with Gasteiger partial charge in [-0.3, -0.25) is 4.79 Å². The largest absolute Gasteiger partial charge is 0.352 e. The molecule has 2 atom stereocenters. The fourth-order valence-corrected chi connectivity index (χ4v) is 3.69. The number of benzene rings is 3. The standard InChI is InChI=1S/C24H21ClF3N5O/c25-20-11-19(28)10-5-16(20)13-29-24(31-23(34)15-3-8-18(27)9-4-15)30-22-12-21(32-33-22)14-1-6-17(26)7-2-14/h1-11,21-22,32-33H,12-13H2,(H2,29,30,31,34). The van der Waals surface area contributed by atoms with Crippen molar-refractivity contribution in [2.45, 2.75) is 25.2 Å². The van der Waals surface area contributed by atoms with Crippen LogP contribution >= 0.6 is 11.6 Å². The number of hydrogen-bond acceptors (Lipinski definition) is 3. The number of aliphatic imine (C=N–C) groups is 1. The molecule has 0 aliphatic carbocycles. The van der Waals surface area contributed by atoms with Crippen molar-refractivity contribution in [2.75, 3.05) is 0 Å². The van der Waals surface area contributed by atoms with E-state index in [9.17, 15) is 18.0 Å². The number of halogens is 4. The van der Waals surface area contributed by atoms with Crippen LogP contribution in [0.3, 0.4) is 0 Å². The van der Waals surface area contributed by atoms with E-state index in [1.807, 2.05) is 0 Å². The molecule has 1 saturated heterocycles. The molecule has 1 fully saturated rings. The van der Waals surface area contributed by atoms with Crippen molar-refractivity contribution in [3.8, 4) is 0 Å². The summed E-state index contributed by atoms with van der Waals surface area (Å²) in [7, 11) is 0. The number of carbonyl (C=O) groups is 1. The normalized spacial score (nSPS) is 18.1. The van der Waals surface area contributed by atoms with Crippen LogP contribution in [-0.2, 0) is 6.54 Å². The second kappa shape index (κ2) is 10.7. The van der Waals surface area contributed by atoms with E-state index >= 15 is 0 Å². The third-order valence-electron chi connectivity index (χ3n) is 5.25. The minimum atomic E-state index is -0.582. The Hall–Kier alpha value is -3.40. The molecule has 1 heterocycles. The van der Waals surface area contributed by atoms with Gasteiger partial charge in [0.15, 0.2) is 0 Å². The molecule has 1 amide bonds. The average Bonchev–Trinajstić information content (AvgIpc) is 3.27. The van der Waals surface area contributed by atoms with E-state index in [0.717, 1.165) is 5.56 Å². The molecule has 0 radical (unpaired) electrons. The maximum absolute atomic E-state index is 13.4. The van der Waals surface area contributed by atoms with Gasteiger partial charge in [-0.2, -0.15) is 4.99 Å². The monoisotopic (exact) mass is 487 g/mol. The highest BCUT2D eigenvalue weighted by molar-refractivity contribution is 6.31. The summed E-state index contributed by atoms with van der Waals surface area (Å²) in [5.41, 5.74) is 7.91. The predicted octanol–water partition coefficient (Wildman–Crippen LogP) is 4.20. The number of amides is 1. The fraction of sp³-hybridized carbons (Fsp3) is 0.167. The molecule has 2 unspecified atom stereocenters. The molecule has 4 rings (SSSR count). The predicted molar refractivity (Wildman–Crippen MR) is 123 cm³/mol. The van der Waals surface area contributed by atoms with Gasteiger partial charge in [-0.1, -0.05) is 29.8 Å². The highest BCUT2D eigenvalue weighted by atomic mass is 35.5. The van der Waals surface area contributed by atoms with Crippen molar-refractivity contribution in [2.24, 2.45) is 4.99 Å². The Morgan fingerprint density at radius 3 is 2.26 bits per heavy atom. The van der Waals surface area contributed by atoms with Crippen molar-refractivity contribution >= 4 is 23.5 Å². The van der Waals surface area contributed by atoms with Crippen LogP contribution in [0, 0.1) is 17.5 Å². The van der Waals surface area contributed by atoms with Gasteiger partial charge in [-0.05, 0) is 59.7 Å². The Bertz CT molecular complexity index is 1190. The second-order valence-corrected chi connectivity index (χ2v) is 8.09. The zero-order valence-electron chi connectivity index (χ0n) is 17.8. The summed E-state index contributed by atoms with van der Waals surface area (Å²) >= 11 is 6.11. The molecule has 4 N–H and O–H groups in total. The van der Waals surface area contributed by atoms with E-state index in [4.69, 9.17) is 11.6 Å². The molecule has 1 aliphatic heterocycles. The molecule has 0 spiro atoms. The van der Waals surface area contributed by atoms with Crippen LogP contribution in [0.5, 0.6) is 0 Å². The lowest BCUT2D eigenvalue weighted by molar-refractivity contribution is 0.100. The van der Waals surface area contributed by atoms with Crippen LogP contribution in [0.25, 0.3) is 0 Å². The molecule has 0 bridgehead atoms. The molecule has 34 heavy (non-hydrogen) atoms. The first-order valence-corrected chi connectivity index (χ1v) is 10.8. The number of hydrazine groups is 1. The van der Waals surface area contributed by atoms with E-state index in [1.54, 1.807) is 12.1 Å². The third kappa shape index (κ3) is 6.13. The maximum atomic E-state index is 13.4. The van der Waals surface area contributed by atoms with E-state index in [1.165, 1.54) is 54.6 Å². The van der Waals surface area contributed by atoms with Crippen molar-refractivity contribution < 1.29 is 18.0 Å². The number of nitrogens with one attached hydrogen (secondary N) is 4. The number of hydrogen-bond donors (Lipinski definition) is 4. The van der Waals surface area contributed by atoms with Crippen LogP contribution in [0.15, 0.2) is 71.7 Å². The third-order valence-corrected chi connectivity index (χ3v) is 5.60. The molecular formula is C24H21ClF3N5O. The van der Waals surface area contributed by atoms with Crippen LogP contribution in [0.2, 0.25) is 5.02 Å². The topological polar surface area (TPSA) is 77.5 Å². The van der Waals surface area contributed by atoms with Gasteiger partial charge in [0.05, 0.1) is 6.17 Å². The zero-order chi connectivity index (χ0) is 24.1. The van der Waals surface area contributed by atoms with E-state index in [0.29, 0.717) is 12.0 Å². The summed E-state index contributed by atoms with van der Waals surface area (Å²) in [6.07, 6.45) is 0.236. The van der Waals surface area contributed by atoms with Gasteiger partial charge in [0, 0.05) is 29.6 Å². The van der Waals surface area contributed by atoms with Crippen LogP contribution in [0.1, 0.15) is 33.9 Å². The Balaban J connectivity index is 1.49. The lowest BCUT2D eigenvalue weighted by Crippen LogP contribution is -2.49. The van der Waals surface area contributed by atoms with Gasteiger partial charge in [0.1, 0.15) is 17.5 Å². The van der Waals surface area contributed by atoms with Gasteiger partial charge < -0.3 is 10.6 Å². The fourth-order valence-electron chi connectivity index (χ4n) is 3.45. The number of rotatable bonds is 5. The SMILES string of the molecule is O=C(/N=C(/NCc1ccc(F)cc1Cl)NC1CC(c2ccc(F)cc2)NN1)c1ccc(F)cc1. The summed E-state index contributed by atoms with van der Waals surface area (Å²) in [6.45, 7) is 0.170. The Labute approximate surface area is 199 Å². The summed E-state index contributed by atoms with van der Waals surface area (Å²) in [4.78, 5) is 16.8. The van der Waals surface area contributed by atoms with Gasteiger partial charge in [0.25, 0.3) is 5.91 Å². The lowest BCUT2D eigenvalue weighted by Gasteiger charge is -2.17. The van der Waals surface area contributed by atoms with Gasteiger partial charge in [0.2, 0.25) is 5.96 Å². The van der Waals surface area contributed by atoms with Crippen LogP contribution in [0.4, 0.5) is 13.2 Å². The smallest absolute Gasteiger partial charge is 0.280 e. The molecule has 3 aromatic rings. The van der Waals surface area contributed by atoms with E-state index in [2.05, 4.69) is 26.5 Å². The lowest BCUT2D eigenvalue weighted by atomic mass is 10.0. The minimum Gasteiger partial charge on any atom is -0.352 e. The average molecular weight is 488 g/mol. The summed E-state index contributed by atoms with van der Waals surface area (Å²) in [6, 6.07) is 15.1. The highest BCUT2D eigenvalue weighted by Crippen LogP contribution is 2.21. The molecule has 10 heteroatoms. The zero-order valence-corrected chi connectivity index (χ0v) is 18.5. The summed E-state index contributed by atoms with van der Waals surface area (Å²) < 4.78 is 39.8. The molecule has 0 saturated carbocycles. The Kier molecular flexibility index (Phi) is 7.46.